The SMILES string of the molecule is COc1ccc(C(=O)Nc2nc(CC(=O)NCc3ccccc3)cs2)cc1OC. The maximum Gasteiger partial charge on any atom is 0.257 e. The number of thiazole rings is 1. The zero-order chi connectivity index (χ0) is 20.6. The highest BCUT2D eigenvalue weighted by Crippen LogP contribution is 2.28. The summed E-state index contributed by atoms with van der Waals surface area (Å²) in [7, 11) is 3.04. The molecule has 0 saturated heterocycles. The number of methoxy groups -OCH3 is 2. The number of benzene rings is 2. The van der Waals surface area contributed by atoms with Crippen LogP contribution in [0.15, 0.2) is 53.9 Å². The van der Waals surface area contributed by atoms with E-state index in [0.29, 0.717) is 34.4 Å². The molecule has 0 saturated carbocycles. The molecule has 0 aliphatic heterocycles. The average Bonchev–Trinajstić information content (AvgIpc) is 3.18. The Balaban J connectivity index is 1.55. The summed E-state index contributed by atoms with van der Waals surface area (Å²) in [6.07, 6.45) is 0.148. The lowest BCUT2D eigenvalue weighted by Gasteiger charge is -2.09. The molecular weight excluding hydrogens is 390 g/mol. The molecule has 0 aliphatic rings. The van der Waals surface area contributed by atoms with Gasteiger partial charge in [-0.25, -0.2) is 4.98 Å². The lowest BCUT2D eigenvalue weighted by molar-refractivity contribution is -0.120. The van der Waals surface area contributed by atoms with Gasteiger partial charge in [-0.05, 0) is 23.8 Å². The molecular formula is C21H21N3O4S. The number of carbonyl (C=O) groups is 2. The zero-order valence-electron chi connectivity index (χ0n) is 16.1. The van der Waals surface area contributed by atoms with Gasteiger partial charge in [-0.3, -0.25) is 14.9 Å². The van der Waals surface area contributed by atoms with Gasteiger partial charge in [0.15, 0.2) is 16.6 Å². The quantitative estimate of drug-likeness (QED) is 0.594. The predicted molar refractivity (Wildman–Crippen MR) is 112 cm³/mol. The van der Waals surface area contributed by atoms with Gasteiger partial charge in [-0.2, -0.15) is 0 Å². The first kappa shape index (κ1) is 20.3. The third-order valence-electron chi connectivity index (χ3n) is 4.09. The highest BCUT2D eigenvalue weighted by atomic mass is 32.1. The van der Waals surface area contributed by atoms with Crippen LogP contribution in [0.3, 0.4) is 0 Å². The topological polar surface area (TPSA) is 89.5 Å². The van der Waals surface area contributed by atoms with Gasteiger partial charge >= 0.3 is 0 Å². The molecule has 0 atom stereocenters. The minimum atomic E-state index is -0.319. The number of hydrogen-bond acceptors (Lipinski definition) is 6. The molecule has 2 aromatic carbocycles. The molecule has 3 rings (SSSR count). The van der Waals surface area contributed by atoms with Crippen LogP contribution in [0.2, 0.25) is 0 Å². The summed E-state index contributed by atoms with van der Waals surface area (Å²) in [4.78, 5) is 28.9. The lowest BCUT2D eigenvalue weighted by Crippen LogP contribution is -2.24. The van der Waals surface area contributed by atoms with E-state index in [2.05, 4.69) is 15.6 Å². The molecule has 29 heavy (non-hydrogen) atoms. The van der Waals surface area contributed by atoms with E-state index in [1.165, 1.54) is 25.6 Å². The van der Waals surface area contributed by atoms with E-state index >= 15 is 0 Å². The molecule has 7 nitrogen and oxygen atoms in total. The second-order valence-electron chi connectivity index (χ2n) is 6.11. The second kappa shape index (κ2) is 9.70. The van der Waals surface area contributed by atoms with Gasteiger partial charge in [0.1, 0.15) is 0 Å². The van der Waals surface area contributed by atoms with Gasteiger partial charge in [-0.15, -0.1) is 11.3 Å². The number of hydrogen-bond donors (Lipinski definition) is 2. The van der Waals surface area contributed by atoms with Crippen molar-refractivity contribution >= 4 is 28.3 Å². The molecule has 0 fully saturated rings. The van der Waals surface area contributed by atoms with Crippen molar-refractivity contribution in [2.75, 3.05) is 19.5 Å². The fourth-order valence-electron chi connectivity index (χ4n) is 2.62. The Morgan fingerprint density at radius 1 is 1.03 bits per heavy atom. The zero-order valence-corrected chi connectivity index (χ0v) is 16.9. The summed E-state index contributed by atoms with van der Waals surface area (Å²) in [6, 6.07) is 14.6. The molecule has 8 heteroatoms. The number of aromatic nitrogens is 1. The largest absolute Gasteiger partial charge is 0.493 e. The van der Waals surface area contributed by atoms with Crippen molar-refractivity contribution in [2.45, 2.75) is 13.0 Å². The first-order chi connectivity index (χ1) is 14.1. The molecule has 2 amide bonds. The molecule has 150 valence electrons. The van der Waals surface area contributed by atoms with E-state index in [-0.39, 0.29) is 18.2 Å². The molecule has 0 unspecified atom stereocenters. The van der Waals surface area contributed by atoms with Gasteiger partial charge in [0.25, 0.3) is 5.91 Å². The van der Waals surface area contributed by atoms with Crippen molar-refractivity contribution in [1.29, 1.82) is 0 Å². The summed E-state index contributed by atoms with van der Waals surface area (Å²) in [5, 5.41) is 7.78. The Morgan fingerprint density at radius 2 is 1.79 bits per heavy atom. The first-order valence-corrected chi connectivity index (χ1v) is 9.75. The highest BCUT2D eigenvalue weighted by molar-refractivity contribution is 7.14. The Hall–Kier alpha value is -3.39. The number of rotatable bonds is 8. The van der Waals surface area contributed by atoms with Crippen LogP contribution in [0.4, 0.5) is 5.13 Å². The number of carbonyl (C=O) groups excluding carboxylic acids is 2. The number of nitrogens with one attached hydrogen (secondary N) is 2. The van der Waals surface area contributed by atoms with Crippen LogP contribution in [0.1, 0.15) is 21.6 Å². The molecule has 0 spiro atoms. The van der Waals surface area contributed by atoms with Crippen molar-refractivity contribution < 1.29 is 19.1 Å². The van der Waals surface area contributed by atoms with Crippen LogP contribution < -0.4 is 20.1 Å². The first-order valence-electron chi connectivity index (χ1n) is 8.87. The summed E-state index contributed by atoms with van der Waals surface area (Å²) < 4.78 is 10.4. The molecule has 0 bridgehead atoms. The average molecular weight is 411 g/mol. The van der Waals surface area contributed by atoms with E-state index in [1.807, 2.05) is 30.3 Å². The third-order valence-corrected chi connectivity index (χ3v) is 4.90. The number of amides is 2. The van der Waals surface area contributed by atoms with Crippen LogP contribution in [0.5, 0.6) is 11.5 Å². The molecule has 2 N–H and O–H groups in total. The van der Waals surface area contributed by atoms with Gasteiger partial charge in [0.2, 0.25) is 5.91 Å². The smallest absolute Gasteiger partial charge is 0.257 e. The molecule has 1 aromatic heterocycles. The number of nitrogens with zero attached hydrogens (tertiary/aromatic N) is 1. The minimum absolute atomic E-state index is 0.128. The monoisotopic (exact) mass is 411 g/mol. The van der Waals surface area contributed by atoms with Crippen molar-refractivity contribution in [1.82, 2.24) is 10.3 Å². The Bertz CT molecular complexity index is 989. The van der Waals surface area contributed by atoms with Crippen LogP contribution in [-0.2, 0) is 17.8 Å². The highest BCUT2D eigenvalue weighted by Gasteiger charge is 2.13. The van der Waals surface area contributed by atoms with Crippen molar-refractivity contribution in [3.63, 3.8) is 0 Å². The van der Waals surface area contributed by atoms with Gasteiger partial charge in [0, 0.05) is 17.5 Å². The van der Waals surface area contributed by atoms with Crippen LogP contribution >= 0.6 is 11.3 Å². The maximum absolute atomic E-state index is 12.5. The van der Waals surface area contributed by atoms with E-state index in [9.17, 15) is 9.59 Å². The molecule has 3 aromatic rings. The van der Waals surface area contributed by atoms with E-state index in [0.717, 1.165) is 5.56 Å². The Labute approximate surface area is 172 Å². The van der Waals surface area contributed by atoms with Gasteiger partial charge in [0.05, 0.1) is 26.3 Å². The second-order valence-corrected chi connectivity index (χ2v) is 6.97. The van der Waals surface area contributed by atoms with Crippen molar-refractivity contribution in [3.8, 4) is 11.5 Å². The van der Waals surface area contributed by atoms with E-state index in [4.69, 9.17) is 9.47 Å². The molecule has 0 aliphatic carbocycles. The standard InChI is InChI=1S/C21H21N3O4S/c1-27-17-9-8-15(10-18(17)28-2)20(26)24-21-23-16(13-29-21)11-19(25)22-12-14-6-4-3-5-7-14/h3-10,13H,11-12H2,1-2H3,(H,22,25)(H,23,24,26). The molecule has 1 heterocycles. The minimum Gasteiger partial charge on any atom is -0.493 e. The number of ether oxygens (including phenoxy) is 2. The lowest BCUT2D eigenvalue weighted by atomic mass is 10.2. The normalized spacial score (nSPS) is 10.3. The number of anilines is 1. The van der Waals surface area contributed by atoms with Gasteiger partial charge < -0.3 is 14.8 Å². The summed E-state index contributed by atoms with van der Waals surface area (Å²) in [5.41, 5.74) is 2.05. The molecule has 0 radical (unpaired) electrons. The Kier molecular flexibility index (Phi) is 6.80. The van der Waals surface area contributed by atoms with E-state index in [1.54, 1.807) is 23.6 Å². The van der Waals surface area contributed by atoms with Crippen molar-refractivity contribution in [2.24, 2.45) is 0 Å². The third kappa shape index (κ3) is 5.55. The van der Waals surface area contributed by atoms with Gasteiger partial charge in [-0.1, -0.05) is 30.3 Å². The summed E-state index contributed by atoms with van der Waals surface area (Å²) in [6.45, 7) is 0.465. The maximum atomic E-state index is 12.5. The van der Waals surface area contributed by atoms with Crippen molar-refractivity contribution in [3.05, 3.63) is 70.7 Å². The predicted octanol–water partition coefficient (Wildman–Crippen LogP) is 3.27. The van der Waals surface area contributed by atoms with E-state index < -0.39 is 0 Å². The van der Waals surface area contributed by atoms with Crippen LogP contribution in [-0.4, -0.2) is 31.0 Å². The fourth-order valence-corrected chi connectivity index (χ4v) is 3.32. The van der Waals surface area contributed by atoms with Crippen LogP contribution in [0, 0.1) is 0 Å². The Morgan fingerprint density at radius 3 is 2.52 bits per heavy atom. The summed E-state index contributed by atoms with van der Waals surface area (Å²) in [5.74, 6) is 0.564. The fraction of sp³-hybridized carbons (Fsp3) is 0.190. The van der Waals surface area contributed by atoms with Crippen LogP contribution in [0.25, 0.3) is 0 Å². The summed E-state index contributed by atoms with van der Waals surface area (Å²) >= 11 is 1.27.